The van der Waals surface area contributed by atoms with Gasteiger partial charge in [0, 0.05) is 35.6 Å². The van der Waals surface area contributed by atoms with Crippen molar-refractivity contribution in [2.75, 3.05) is 13.2 Å². The lowest BCUT2D eigenvalue weighted by Crippen LogP contribution is -2.36. The quantitative estimate of drug-likeness (QED) is 0.846. The van der Waals surface area contributed by atoms with Crippen LogP contribution in [-0.4, -0.2) is 22.8 Å². The summed E-state index contributed by atoms with van der Waals surface area (Å²) in [7, 11) is 2.05. The fourth-order valence-corrected chi connectivity index (χ4v) is 2.53. The van der Waals surface area contributed by atoms with Gasteiger partial charge in [0.25, 0.3) is 0 Å². The summed E-state index contributed by atoms with van der Waals surface area (Å²) in [5, 5.41) is 10.8. The van der Waals surface area contributed by atoms with Gasteiger partial charge in [0.15, 0.2) is 0 Å². The van der Waals surface area contributed by atoms with Crippen LogP contribution in [0.1, 0.15) is 18.2 Å². The fraction of sp³-hybridized carbons (Fsp3) is 0.429. The molecule has 17 heavy (non-hydrogen) atoms. The molecule has 0 fully saturated rings. The molecule has 0 aliphatic carbocycles. The van der Waals surface area contributed by atoms with Crippen LogP contribution in [0.4, 0.5) is 0 Å². The van der Waals surface area contributed by atoms with Gasteiger partial charge in [-0.05, 0) is 18.6 Å². The summed E-state index contributed by atoms with van der Waals surface area (Å²) in [5.74, 6) is 0. The van der Waals surface area contributed by atoms with E-state index in [4.69, 9.17) is 5.73 Å². The van der Waals surface area contributed by atoms with Crippen molar-refractivity contribution in [3.8, 4) is 0 Å². The lowest BCUT2D eigenvalue weighted by atomic mass is 9.81. The summed E-state index contributed by atoms with van der Waals surface area (Å²) in [6.45, 7) is 4.61. The molecule has 92 valence electrons. The van der Waals surface area contributed by atoms with Crippen molar-refractivity contribution in [2.24, 2.45) is 12.8 Å². The zero-order chi connectivity index (χ0) is 12.6. The molecule has 2 aromatic rings. The van der Waals surface area contributed by atoms with Gasteiger partial charge in [-0.1, -0.05) is 25.1 Å². The summed E-state index contributed by atoms with van der Waals surface area (Å²) in [4.78, 5) is 0. The van der Waals surface area contributed by atoms with E-state index in [-0.39, 0.29) is 12.0 Å². The Morgan fingerprint density at radius 1 is 1.35 bits per heavy atom. The molecule has 1 unspecified atom stereocenters. The Balaban J connectivity index is 2.81. The third-order valence-corrected chi connectivity index (χ3v) is 3.80. The number of aryl methyl sites for hydroxylation is 1. The van der Waals surface area contributed by atoms with Gasteiger partial charge in [-0.3, -0.25) is 0 Å². The van der Waals surface area contributed by atoms with E-state index in [0.717, 1.165) is 0 Å². The minimum Gasteiger partial charge on any atom is -0.395 e. The monoisotopic (exact) mass is 232 g/mol. The molecule has 3 heteroatoms. The van der Waals surface area contributed by atoms with Gasteiger partial charge < -0.3 is 15.4 Å². The molecule has 0 bridgehead atoms. The molecule has 1 aromatic heterocycles. The second kappa shape index (κ2) is 4.17. The minimum absolute atomic E-state index is 0.0678. The van der Waals surface area contributed by atoms with E-state index in [1.54, 1.807) is 0 Å². The third kappa shape index (κ3) is 1.66. The standard InChI is InChI=1S/C14H20N2O/c1-10-13(14(2,8-15)9-17)11-6-4-5-7-12(11)16(10)3/h4-7,17H,8-9,15H2,1-3H3. The summed E-state index contributed by atoms with van der Waals surface area (Å²) < 4.78 is 2.16. The zero-order valence-corrected chi connectivity index (χ0v) is 10.7. The zero-order valence-electron chi connectivity index (χ0n) is 10.7. The second-order valence-electron chi connectivity index (χ2n) is 4.96. The van der Waals surface area contributed by atoms with Crippen molar-refractivity contribution in [1.29, 1.82) is 0 Å². The van der Waals surface area contributed by atoms with Gasteiger partial charge in [-0.15, -0.1) is 0 Å². The number of rotatable bonds is 3. The van der Waals surface area contributed by atoms with Crippen molar-refractivity contribution in [3.05, 3.63) is 35.5 Å². The second-order valence-corrected chi connectivity index (χ2v) is 4.96. The first-order chi connectivity index (χ1) is 8.05. The van der Waals surface area contributed by atoms with E-state index in [1.165, 1.54) is 22.2 Å². The minimum atomic E-state index is -0.370. The largest absolute Gasteiger partial charge is 0.395 e. The summed E-state index contributed by atoms with van der Waals surface area (Å²) >= 11 is 0. The predicted molar refractivity (Wildman–Crippen MR) is 71.1 cm³/mol. The number of para-hydroxylation sites is 1. The molecule has 0 aliphatic heterocycles. The van der Waals surface area contributed by atoms with E-state index < -0.39 is 0 Å². The van der Waals surface area contributed by atoms with Gasteiger partial charge >= 0.3 is 0 Å². The van der Waals surface area contributed by atoms with Crippen LogP contribution in [-0.2, 0) is 12.5 Å². The number of benzene rings is 1. The summed E-state index contributed by atoms with van der Waals surface area (Å²) in [6.07, 6.45) is 0. The topological polar surface area (TPSA) is 51.2 Å². The van der Waals surface area contributed by atoms with Gasteiger partial charge in [0.1, 0.15) is 0 Å². The van der Waals surface area contributed by atoms with Crippen molar-refractivity contribution in [1.82, 2.24) is 4.57 Å². The highest BCUT2D eigenvalue weighted by Gasteiger charge is 2.30. The first-order valence-corrected chi connectivity index (χ1v) is 5.90. The fourth-order valence-electron chi connectivity index (χ4n) is 2.53. The molecular formula is C14H20N2O. The molecule has 1 atom stereocenters. The van der Waals surface area contributed by atoms with Crippen LogP contribution in [0.15, 0.2) is 24.3 Å². The predicted octanol–water partition coefficient (Wildman–Crippen LogP) is 1.70. The first kappa shape index (κ1) is 12.1. The number of aromatic nitrogens is 1. The highest BCUT2D eigenvalue weighted by molar-refractivity contribution is 5.86. The van der Waals surface area contributed by atoms with E-state index in [0.29, 0.717) is 6.54 Å². The Hall–Kier alpha value is -1.32. The Morgan fingerprint density at radius 3 is 2.59 bits per heavy atom. The van der Waals surface area contributed by atoms with Crippen LogP contribution in [0, 0.1) is 6.92 Å². The number of aliphatic hydroxyl groups is 1. The van der Waals surface area contributed by atoms with Gasteiger partial charge in [0.2, 0.25) is 0 Å². The Bertz CT molecular complexity index is 538. The highest BCUT2D eigenvalue weighted by Crippen LogP contribution is 2.34. The maximum atomic E-state index is 9.64. The Labute approximate surface area is 102 Å². The molecule has 0 saturated heterocycles. The van der Waals surface area contributed by atoms with Crippen LogP contribution in [0.25, 0.3) is 10.9 Å². The number of hydrogen-bond donors (Lipinski definition) is 2. The molecule has 0 spiro atoms. The van der Waals surface area contributed by atoms with E-state index in [2.05, 4.69) is 30.7 Å². The van der Waals surface area contributed by atoms with E-state index in [1.807, 2.05) is 19.1 Å². The Morgan fingerprint density at radius 2 is 2.00 bits per heavy atom. The molecule has 2 rings (SSSR count). The third-order valence-electron chi connectivity index (χ3n) is 3.80. The van der Waals surface area contributed by atoms with Gasteiger partial charge in [-0.2, -0.15) is 0 Å². The van der Waals surface area contributed by atoms with Crippen molar-refractivity contribution < 1.29 is 5.11 Å². The lowest BCUT2D eigenvalue weighted by Gasteiger charge is -2.26. The van der Waals surface area contributed by atoms with Crippen LogP contribution in [0.2, 0.25) is 0 Å². The highest BCUT2D eigenvalue weighted by atomic mass is 16.3. The van der Waals surface area contributed by atoms with Crippen LogP contribution < -0.4 is 5.73 Å². The molecule has 0 radical (unpaired) electrons. The number of nitrogens with zero attached hydrogens (tertiary/aromatic N) is 1. The maximum Gasteiger partial charge on any atom is 0.0538 e. The van der Waals surface area contributed by atoms with Crippen LogP contribution >= 0.6 is 0 Å². The normalized spacial score (nSPS) is 15.1. The van der Waals surface area contributed by atoms with Crippen LogP contribution in [0.3, 0.4) is 0 Å². The average Bonchev–Trinajstić information content (AvgIpc) is 2.62. The number of nitrogens with two attached hydrogens (primary N) is 1. The average molecular weight is 232 g/mol. The Kier molecular flexibility index (Phi) is 2.98. The summed E-state index contributed by atoms with van der Waals surface area (Å²) in [6, 6.07) is 8.26. The smallest absolute Gasteiger partial charge is 0.0538 e. The maximum absolute atomic E-state index is 9.64. The van der Waals surface area contributed by atoms with E-state index >= 15 is 0 Å². The summed E-state index contributed by atoms with van der Waals surface area (Å²) in [5.41, 5.74) is 9.01. The number of aliphatic hydroxyl groups excluding tert-OH is 1. The molecule has 0 amide bonds. The first-order valence-electron chi connectivity index (χ1n) is 5.90. The van der Waals surface area contributed by atoms with Gasteiger partial charge in [0.05, 0.1) is 6.61 Å². The van der Waals surface area contributed by atoms with Crippen molar-refractivity contribution in [3.63, 3.8) is 0 Å². The van der Waals surface area contributed by atoms with Gasteiger partial charge in [-0.25, -0.2) is 0 Å². The molecule has 3 nitrogen and oxygen atoms in total. The van der Waals surface area contributed by atoms with Crippen LogP contribution in [0.5, 0.6) is 0 Å². The van der Waals surface area contributed by atoms with Crippen molar-refractivity contribution in [2.45, 2.75) is 19.3 Å². The molecular weight excluding hydrogens is 212 g/mol. The number of fused-ring (bicyclic) bond motifs is 1. The SMILES string of the molecule is Cc1c(C(C)(CN)CO)c2ccccc2n1C. The van der Waals surface area contributed by atoms with E-state index in [9.17, 15) is 5.11 Å². The molecule has 0 aliphatic rings. The number of hydrogen-bond acceptors (Lipinski definition) is 2. The molecule has 0 saturated carbocycles. The molecule has 3 N–H and O–H groups in total. The lowest BCUT2D eigenvalue weighted by molar-refractivity contribution is 0.210. The molecule has 1 heterocycles. The molecule has 1 aromatic carbocycles. The van der Waals surface area contributed by atoms with Crippen molar-refractivity contribution >= 4 is 10.9 Å².